The highest BCUT2D eigenvalue weighted by Crippen LogP contribution is 2.27. The molecule has 0 spiro atoms. The first-order valence-corrected chi connectivity index (χ1v) is 7.14. The van der Waals surface area contributed by atoms with Gasteiger partial charge in [0, 0.05) is 18.0 Å². The number of rotatable bonds is 4. The number of Topliss-reactive ketones (excluding diaryl/α,β-unsaturated/α-hetero) is 1. The summed E-state index contributed by atoms with van der Waals surface area (Å²) in [7, 11) is 0. The van der Waals surface area contributed by atoms with E-state index in [4.69, 9.17) is 23.2 Å². The Morgan fingerprint density at radius 1 is 1.33 bits per heavy atom. The van der Waals surface area contributed by atoms with Gasteiger partial charge in [-0.25, -0.2) is 0 Å². The maximum absolute atomic E-state index is 12.1. The van der Waals surface area contributed by atoms with Gasteiger partial charge in [-0.15, -0.1) is 0 Å². The van der Waals surface area contributed by atoms with Gasteiger partial charge in [-0.05, 0) is 37.9 Å². The average Bonchev–Trinajstić information content (AvgIpc) is 2.40. The summed E-state index contributed by atoms with van der Waals surface area (Å²) in [5, 5.41) is 4.26. The molecule has 0 radical (unpaired) electrons. The summed E-state index contributed by atoms with van der Waals surface area (Å²) in [6.45, 7) is 1.07. The summed E-state index contributed by atoms with van der Waals surface area (Å²) < 4.78 is 0. The minimum absolute atomic E-state index is 0.0786. The first kappa shape index (κ1) is 13.9. The summed E-state index contributed by atoms with van der Waals surface area (Å²) in [5.41, 5.74) is 0.542. The second-order valence-electron chi connectivity index (χ2n) is 4.71. The lowest BCUT2D eigenvalue weighted by Crippen LogP contribution is -2.34. The molecular formula is C14H17Cl2NO. The van der Waals surface area contributed by atoms with E-state index in [-0.39, 0.29) is 5.78 Å². The third kappa shape index (κ3) is 3.47. The number of carbonyl (C=O) groups is 1. The highest BCUT2D eigenvalue weighted by molar-refractivity contribution is 6.43. The fourth-order valence-corrected chi connectivity index (χ4v) is 2.74. The predicted molar refractivity (Wildman–Crippen MR) is 75.7 cm³/mol. The fourth-order valence-electron chi connectivity index (χ4n) is 2.33. The maximum atomic E-state index is 12.1. The van der Waals surface area contributed by atoms with Gasteiger partial charge >= 0.3 is 0 Å². The third-order valence-electron chi connectivity index (χ3n) is 3.38. The van der Waals surface area contributed by atoms with Crippen molar-refractivity contribution in [3.63, 3.8) is 0 Å². The van der Waals surface area contributed by atoms with Crippen molar-refractivity contribution in [3.05, 3.63) is 33.8 Å². The van der Waals surface area contributed by atoms with Crippen LogP contribution in [0.5, 0.6) is 0 Å². The lowest BCUT2D eigenvalue weighted by Gasteiger charge is -2.23. The van der Waals surface area contributed by atoms with Crippen molar-refractivity contribution in [3.8, 4) is 0 Å². The van der Waals surface area contributed by atoms with Gasteiger partial charge in [0.25, 0.3) is 0 Å². The Hall–Kier alpha value is -0.570. The zero-order chi connectivity index (χ0) is 13.0. The SMILES string of the molecule is O=C(CCC1CCCCN1)c1cccc(Cl)c1Cl. The third-order valence-corrected chi connectivity index (χ3v) is 4.20. The molecule has 1 fully saturated rings. The molecule has 2 nitrogen and oxygen atoms in total. The van der Waals surface area contributed by atoms with Crippen LogP contribution >= 0.6 is 23.2 Å². The molecule has 1 aliphatic heterocycles. The highest BCUT2D eigenvalue weighted by atomic mass is 35.5. The molecule has 1 aliphatic rings. The minimum Gasteiger partial charge on any atom is -0.314 e. The van der Waals surface area contributed by atoms with Gasteiger partial charge in [0.05, 0.1) is 10.0 Å². The van der Waals surface area contributed by atoms with Crippen LogP contribution in [0.15, 0.2) is 18.2 Å². The molecule has 0 saturated carbocycles. The van der Waals surface area contributed by atoms with Gasteiger partial charge in [0.15, 0.2) is 5.78 Å². The quantitative estimate of drug-likeness (QED) is 0.844. The lowest BCUT2D eigenvalue weighted by atomic mass is 9.97. The van der Waals surface area contributed by atoms with Crippen molar-refractivity contribution in [1.29, 1.82) is 0 Å². The van der Waals surface area contributed by atoms with Crippen LogP contribution in [0, 0.1) is 0 Å². The van der Waals surface area contributed by atoms with Crippen LogP contribution < -0.4 is 5.32 Å². The Kier molecular flexibility index (Phi) is 5.04. The second kappa shape index (κ2) is 6.55. The highest BCUT2D eigenvalue weighted by Gasteiger charge is 2.17. The number of carbonyl (C=O) groups excluding carboxylic acids is 1. The molecular weight excluding hydrogens is 269 g/mol. The van der Waals surface area contributed by atoms with E-state index in [1.54, 1.807) is 18.2 Å². The average molecular weight is 286 g/mol. The van der Waals surface area contributed by atoms with E-state index < -0.39 is 0 Å². The molecule has 1 heterocycles. The number of nitrogens with one attached hydrogen (secondary N) is 1. The van der Waals surface area contributed by atoms with Crippen molar-refractivity contribution >= 4 is 29.0 Å². The molecule has 1 atom stereocenters. The van der Waals surface area contributed by atoms with E-state index in [0.29, 0.717) is 28.1 Å². The van der Waals surface area contributed by atoms with Gasteiger partial charge in [0.1, 0.15) is 0 Å². The lowest BCUT2D eigenvalue weighted by molar-refractivity contribution is 0.0974. The standard InChI is InChI=1S/C14H17Cl2NO/c15-12-6-3-5-11(14(12)16)13(18)8-7-10-4-1-2-9-17-10/h3,5-6,10,17H,1-2,4,7-9H2. The number of ketones is 1. The monoisotopic (exact) mass is 285 g/mol. The Balaban J connectivity index is 1.93. The number of halogens is 2. The van der Waals surface area contributed by atoms with Gasteiger partial charge < -0.3 is 5.32 Å². The van der Waals surface area contributed by atoms with Crippen molar-refractivity contribution in [2.24, 2.45) is 0 Å². The number of hydrogen-bond donors (Lipinski definition) is 1. The number of piperidine rings is 1. The van der Waals surface area contributed by atoms with E-state index >= 15 is 0 Å². The Morgan fingerprint density at radius 2 is 2.17 bits per heavy atom. The van der Waals surface area contributed by atoms with E-state index in [1.807, 2.05) is 0 Å². The summed E-state index contributed by atoms with van der Waals surface area (Å²) >= 11 is 12.0. The van der Waals surface area contributed by atoms with E-state index in [9.17, 15) is 4.79 Å². The predicted octanol–water partition coefficient (Wildman–Crippen LogP) is 4.10. The normalized spacial score (nSPS) is 19.8. The van der Waals surface area contributed by atoms with E-state index in [0.717, 1.165) is 19.4 Å². The van der Waals surface area contributed by atoms with Crippen LogP contribution in [0.25, 0.3) is 0 Å². The second-order valence-corrected chi connectivity index (χ2v) is 5.50. The smallest absolute Gasteiger partial charge is 0.164 e. The van der Waals surface area contributed by atoms with Gasteiger partial charge in [0.2, 0.25) is 0 Å². The van der Waals surface area contributed by atoms with Crippen LogP contribution in [-0.2, 0) is 0 Å². The molecule has 0 bridgehead atoms. The fraction of sp³-hybridized carbons (Fsp3) is 0.500. The Morgan fingerprint density at radius 3 is 2.89 bits per heavy atom. The molecule has 1 saturated heterocycles. The largest absolute Gasteiger partial charge is 0.314 e. The molecule has 98 valence electrons. The van der Waals surface area contributed by atoms with Crippen molar-refractivity contribution in [2.45, 2.75) is 38.1 Å². The molecule has 1 N–H and O–H groups in total. The first-order chi connectivity index (χ1) is 8.68. The Labute approximate surface area is 118 Å². The topological polar surface area (TPSA) is 29.1 Å². The number of benzene rings is 1. The molecule has 0 aromatic heterocycles. The molecule has 0 amide bonds. The minimum atomic E-state index is 0.0786. The van der Waals surface area contributed by atoms with Crippen LogP contribution in [0.1, 0.15) is 42.5 Å². The summed E-state index contributed by atoms with van der Waals surface area (Å²) in [5.74, 6) is 0.0786. The summed E-state index contributed by atoms with van der Waals surface area (Å²) in [6, 6.07) is 5.68. The summed E-state index contributed by atoms with van der Waals surface area (Å²) in [4.78, 5) is 12.1. The first-order valence-electron chi connectivity index (χ1n) is 6.39. The summed E-state index contributed by atoms with van der Waals surface area (Å²) in [6.07, 6.45) is 5.06. The molecule has 0 aliphatic carbocycles. The zero-order valence-corrected chi connectivity index (χ0v) is 11.7. The molecule has 1 aromatic carbocycles. The van der Waals surface area contributed by atoms with E-state index in [2.05, 4.69) is 5.32 Å². The Bertz CT molecular complexity index is 428. The molecule has 18 heavy (non-hydrogen) atoms. The molecule has 2 rings (SSSR count). The van der Waals surface area contributed by atoms with Crippen molar-refractivity contribution in [1.82, 2.24) is 5.32 Å². The number of hydrogen-bond acceptors (Lipinski definition) is 2. The van der Waals surface area contributed by atoms with Crippen LogP contribution in [0.4, 0.5) is 0 Å². The van der Waals surface area contributed by atoms with Crippen LogP contribution in [-0.4, -0.2) is 18.4 Å². The van der Waals surface area contributed by atoms with Gasteiger partial charge in [-0.3, -0.25) is 4.79 Å². The van der Waals surface area contributed by atoms with Crippen molar-refractivity contribution < 1.29 is 4.79 Å². The molecule has 1 aromatic rings. The van der Waals surface area contributed by atoms with Crippen LogP contribution in [0.3, 0.4) is 0 Å². The zero-order valence-electron chi connectivity index (χ0n) is 10.2. The molecule has 1 unspecified atom stereocenters. The van der Waals surface area contributed by atoms with Crippen LogP contribution in [0.2, 0.25) is 10.0 Å². The van der Waals surface area contributed by atoms with Crippen molar-refractivity contribution in [2.75, 3.05) is 6.54 Å². The maximum Gasteiger partial charge on any atom is 0.164 e. The van der Waals surface area contributed by atoms with Gasteiger partial charge in [-0.2, -0.15) is 0 Å². The molecule has 4 heteroatoms. The van der Waals surface area contributed by atoms with Gasteiger partial charge in [-0.1, -0.05) is 35.7 Å². The van der Waals surface area contributed by atoms with E-state index in [1.165, 1.54) is 12.8 Å².